The van der Waals surface area contributed by atoms with Crippen molar-refractivity contribution in [1.82, 2.24) is 9.80 Å². The Hall–Kier alpha value is -0.530. The molecule has 0 unspecified atom stereocenters. The van der Waals surface area contributed by atoms with Gasteiger partial charge in [0.2, 0.25) is 0 Å². The van der Waals surface area contributed by atoms with Crippen LogP contribution in [0.1, 0.15) is 0 Å². The molecular formula is C16H40N4O10S. The van der Waals surface area contributed by atoms with E-state index in [1.54, 1.807) is 0 Å². The normalized spacial score (nSPS) is 16.2. The molecular weight excluding hydrogens is 440 g/mol. The lowest BCUT2D eigenvalue weighted by atomic mass is 10.1. The van der Waals surface area contributed by atoms with Crippen molar-refractivity contribution in [3.63, 3.8) is 0 Å². The molecule has 1 aliphatic heterocycles. The van der Waals surface area contributed by atoms with Gasteiger partial charge in [-0.2, -0.15) is 8.42 Å². The van der Waals surface area contributed by atoms with E-state index in [2.05, 4.69) is 4.90 Å². The van der Waals surface area contributed by atoms with Crippen molar-refractivity contribution < 1.29 is 48.7 Å². The molecule has 1 rings (SSSR count). The molecule has 1 heterocycles. The van der Waals surface area contributed by atoms with E-state index >= 15 is 0 Å². The average Bonchev–Trinajstić information content (AvgIpc) is 2.78. The molecule has 0 atom stereocenters. The SMILES string of the molecule is NC(CO)(CO)CO.NC(CO)(CO)CO.O=S(=O)(O)CCN1CCN(CCO)CC1. The smallest absolute Gasteiger partial charge is 0.266 e. The summed E-state index contributed by atoms with van der Waals surface area (Å²) < 4.78 is 29.6. The molecule has 1 saturated heterocycles. The molecule has 190 valence electrons. The van der Waals surface area contributed by atoms with E-state index in [9.17, 15) is 8.42 Å². The van der Waals surface area contributed by atoms with E-state index in [0.717, 1.165) is 26.2 Å². The number of rotatable bonds is 11. The zero-order valence-corrected chi connectivity index (χ0v) is 18.6. The number of β-amino-alcohol motifs (C(OH)–C–C–N with tert-alkyl or cyclic N) is 1. The summed E-state index contributed by atoms with van der Waals surface area (Å²) in [4.78, 5) is 4.13. The van der Waals surface area contributed by atoms with E-state index in [0.29, 0.717) is 13.1 Å². The average molecular weight is 481 g/mol. The van der Waals surface area contributed by atoms with Gasteiger partial charge < -0.3 is 47.2 Å². The van der Waals surface area contributed by atoms with E-state index in [4.69, 9.17) is 51.8 Å². The van der Waals surface area contributed by atoms with Crippen molar-refractivity contribution in [1.29, 1.82) is 0 Å². The van der Waals surface area contributed by atoms with E-state index < -0.39 is 60.8 Å². The summed E-state index contributed by atoms with van der Waals surface area (Å²) in [6, 6.07) is 0. The molecule has 12 N–H and O–H groups in total. The third kappa shape index (κ3) is 16.7. The van der Waals surface area contributed by atoms with Gasteiger partial charge >= 0.3 is 0 Å². The van der Waals surface area contributed by atoms with Crippen LogP contribution in [0.5, 0.6) is 0 Å². The Morgan fingerprint density at radius 1 is 0.645 bits per heavy atom. The molecule has 1 aliphatic rings. The van der Waals surface area contributed by atoms with Crippen LogP contribution < -0.4 is 11.5 Å². The molecule has 0 aliphatic carbocycles. The molecule has 0 saturated carbocycles. The second-order valence-corrected chi connectivity index (χ2v) is 8.94. The molecule has 15 heteroatoms. The predicted octanol–water partition coefficient (Wildman–Crippen LogP) is -6.19. The lowest BCUT2D eigenvalue weighted by Gasteiger charge is -2.33. The zero-order valence-electron chi connectivity index (χ0n) is 17.8. The van der Waals surface area contributed by atoms with Crippen molar-refractivity contribution in [3.8, 4) is 0 Å². The number of hydrogen-bond donors (Lipinski definition) is 10. The Labute approximate surface area is 183 Å². The Bertz CT molecular complexity index is 490. The lowest BCUT2D eigenvalue weighted by molar-refractivity contribution is 0.0695. The number of piperazine rings is 1. The Balaban J connectivity index is 0. The predicted molar refractivity (Wildman–Crippen MR) is 113 cm³/mol. The number of nitrogens with zero attached hydrogens (tertiary/aromatic N) is 2. The van der Waals surface area contributed by atoms with Crippen LogP contribution >= 0.6 is 0 Å². The highest BCUT2D eigenvalue weighted by Gasteiger charge is 2.21. The third-order valence-electron chi connectivity index (χ3n) is 4.44. The fourth-order valence-electron chi connectivity index (χ4n) is 1.92. The van der Waals surface area contributed by atoms with E-state index in [1.807, 2.05) is 4.90 Å². The lowest BCUT2D eigenvalue weighted by Crippen LogP contribution is -2.50. The van der Waals surface area contributed by atoms with Crippen LogP contribution in [0, 0.1) is 0 Å². The van der Waals surface area contributed by atoms with E-state index in [1.165, 1.54) is 0 Å². The fourth-order valence-corrected chi connectivity index (χ4v) is 2.41. The highest BCUT2D eigenvalue weighted by Crippen LogP contribution is 2.01. The monoisotopic (exact) mass is 480 g/mol. The number of aliphatic hydroxyl groups excluding tert-OH is 7. The van der Waals surface area contributed by atoms with Gasteiger partial charge in [-0.3, -0.25) is 14.4 Å². The maximum atomic E-state index is 10.5. The number of hydrogen-bond acceptors (Lipinski definition) is 13. The number of nitrogens with two attached hydrogens (primary N) is 2. The maximum Gasteiger partial charge on any atom is 0.266 e. The van der Waals surface area contributed by atoms with Gasteiger partial charge in [0.05, 0.1) is 63.1 Å². The summed E-state index contributed by atoms with van der Waals surface area (Å²) in [7, 11) is -3.84. The first kappa shape index (κ1) is 32.6. The van der Waals surface area contributed by atoms with Crippen molar-refractivity contribution >= 4 is 10.1 Å². The van der Waals surface area contributed by atoms with Crippen molar-refractivity contribution in [2.24, 2.45) is 11.5 Å². The van der Waals surface area contributed by atoms with Gasteiger partial charge in [0.15, 0.2) is 0 Å². The summed E-state index contributed by atoms with van der Waals surface area (Å²) in [5, 5.41) is 58.8. The highest BCUT2D eigenvalue weighted by atomic mass is 32.2. The van der Waals surface area contributed by atoms with Crippen LogP contribution in [0.2, 0.25) is 0 Å². The molecule has 0 amide bonds. The first-order chi connectivity index (χ1) is 14.4. The summed E-state index contributed by atoms with van der Waals surface area (Å²) in [5.74, 6) is -0.201. The van der Waals surface area contributed by atoms with Gasteiger partial charge in [0.25, 0.3) is 10.1 Å². The molecule has 0 aromatic rings. The molecule has 31 heavy (non-hydrogen) atoms. The minimum absolute atomic E-state index is 0.158. The van der Waals surface area contributed by atoms with Gasteiger partial charge in [0, 0.05) is 39.3 Å². The molecule has 0 bridgehead atoms. The topological polar surface area (TPSA) is 254 Å². The molecule has 0 aromatic heterocycles. The Morgan fingerprint density at radius 3 is 1.13 bits per heavy atom. The summed E-state index contributed by atoms with van der Waals surface area (Å²) in [5.41, 5.74) is 7.88. The van der Waals surface area contributed by atoms with E-state index in [-0.39, 0.29) is 12.4 Å². The number of aliphatic hydroxyl groups is 7. The minimum Gasteiger partial charge on any atom is -0.395 e. The van der Waals surface area contributed by atoms with Crippen LogP contribution in [-0.4, -0.2) is 161 Å². The van der Waals surface area contributed by atoms with Crippen LogP contribution in [0.3, 0.4) is 0 Å². The van der Waals surface area contributed by atoms with Crippen molar-refractivity contribution in [3.05, 3.63) is 0 Å². The quantitative estimate of drug-likeness (QED) is 0.123. The molecule has 0 radical (unpaired) electrons. The van der Waals surface area contributed by atoms with Gasteiger partial charge in [-0.1, -0.05) is 0 Å². The molecule has 0 aromatic carbocycles. The standard InChI is InChI=1S/C8H18N2O4S.2C4H11NO3/c11-7-5-9-1-3-10(4-2-9)6-8-15(12,13)14;2*5-4(1-6,2-7)3-8/h11H,1-8H2,(H,12,13,14);2*6-8H,1-3,5H2. The first-order valence-corrected chi connectivity index (χ1v) is 11.2. The Kier molecular flexibility index (Phi) is 17.9. The van der Waals surface area contributed by atoms with Crippen LogP contribution in [0.25, 0.3) is 0 Å². The summed E-state index contributed by atoms with van der Waals surface area (Å²) >= 11 is 0. The second kappa shape index (κ2) is 17.0. The van der Waals surface area contributed by atoms with Crippen molar-refractivity contribution in [2.75, 3.05) is 91.3 Å². The molecule has 14 nitrogen and oxygen atoms in total. The zero-order chi connectivity index (χ0) is 24.6. The van der Waals surface area contributed by atoms with Gasteiger partial charge in [-0.05, 0) is 0 Å². The fraction of sp³-hybridized carbons (Fsp3) is 1.00. The third-order valence-corrected chi connectivity index (χ3v) is 5.13. The van der Waals surface area contributed by atoms with Gasteiger partial charge in [0.1, 0.15) is 0 Å². The highest BCUT2D eigenvalue weighted by molar-refractivity contribution is 7.85. The van der Waals surface area contributed by atoms with Gasteiger partial charge in [-0.25, -0.2) is 0 Å². The van der Waals surface area contributed by atoms with Crippen LogP contribution in [0.4, 0.5) is 0 Å². The maximum absolute atomic E-state index is 10.5. The van der Waals surface area contributed by atoms with Crippen molar-refractivity contribution in [2.45, 2.75) is 11.1 Å². The molecule has 0 spiro atoms. The first-order valence-electron chi connectivity index (χ1n) is 9.61. The minimum atomic E-state index is -3.84. The van der Waals surface area contributed by atoms with Crippen LogP contribution in [-0.2, 0) is 10.1 Å². The summed E-state index contributed by atoms with van der Waals surface area (Å²) in [6.45, 7) is 2.05. The summed E-state index contributed by atoms with van der Waals surface area (Å²) in [6.07, 6.45) is 0. The molecule has 1 fully saturated rings. The largest absolute Gasteiger partial charge is 0.395 e. The van der Waals surface area contributed by atoms with Crippen LogP contribution in [0.15, 0.2) is 0 Å². The second-order valence-electron chi connectivity index (χ2n) is 7.37. The Morgan fingerprint density at radius 2 is 0.935 bits per heavy atom. The van der Waals surface area contributed by atoms with Gasteiger partial charge in [-0.15, -0.1) is 0 Å².